The molecular weight excluding hydrogens is 398 g/mol. The van der Waals surface area contributed by atoms with E-state index in [4.69, 9.17) is 21.1 Å². The van der Waals surface area contributed by atoms with Gasteiger partial charge in [-0.1, -0.05) is 11.6 Å². The van der Waals surface area contributed by atoms with Crippen molar-refractivity contribution in [3.8, 4) is 17.4 Å². The molecule has 11 nitrogen and oxygen atoms in total. The molecule has 0 aromatic carbocycles. The zero-order valence-corrected chi connectivity index (χ0v) is 16.4. The summed E-state index contributed by atoms with van der Waals surface area (Å²) in [5.74, 6) is 1.22. The lowest BCUT2D eigenvalue weighted by atomic mass is 10.3. The van der Waals surface area contributed by atoms with Crippen molar-refractivity contribution in [2.45, 2.75) is 19.9 Å². The van der Waals surface area contributed by atoms with E-state index in [1.165, 1.54) is 6.33 Å². The Balaban J connectivity index is 1.64. The fraction of sp³-hybridized carbons (Fsp3) is 0.294. The Morgan fingerprint density at radius 2 is 2.14 bits per heavy atom. The number of aryl methyl sites for hydroxylation is 1. The van der Waals surface area contributed by atoms with Crippen molar-refractivity contribution in [3.63, 3.8) is 0 Å². The summed E-state index contributed by atoms with van der Waals surface area (Å²) < 4.78 is 14.7. The zero-order chi connectivity index (χ0) is 20.0. The average molecular weight is 414 g/mol. The predicted molar refractivity (Wildman–Crippen MR) is 104 cm³/mol. The first-order valence-corrected chi connectivity index (χ1v) is 9.26. The Kier molecular flexibility index (Phi) is 4.16. The topological polar surface area (TPSA) is 118 Å². The van der Waals surface area contributed by atoms with Crippen LogP contribution in [-0.2, 0) is 6.54 Å². The van der Waals surface area contributed by atoms with Crippen molar-refractivity contribution in [1.29, 1.82) is 0 Å². The van der Waals surface area contributed by atoms with Crippen LogP contribution in [0.3, 0.4) is 0 Å². The maximum absolute atomic E-state index is 6.21. The van der Waals surface area contributed by atoms with Gasteiger partial charge in [0.15, 0.2) is 10.8 Å². The molecule has 0 unspecified atom stereocenters. The highest BCUT2D eigenvalue weighted by Gasteiger charge is 2.22. The standard InChI is InChI=1S/C17H16ClN9O2/c1-9-12-16(25-27(9)11-7-19-8-21-15(11)28-2)29-5-3-4-26-14-10(13(18)24-26)6-20-17(22-12)23-14/h6-8H,3-5H2,1-2H3,(H,20,22,23). The van der Waals surface area contributed by atoms with Crippen LogP contribution in [0.5, 0.6) is 11.8 Å². The third kappa shape index (κ3) is 2.90. The molecule has 1 aliphatic rings. The van der Waals surface area contributed by atoms with Crippen molar-refractivity contribution in [2.75, 3.05) is 19.0 Å². The van der Waals surface area contributed by atoms with Crippen LogP contribution >= 0.6 is 11.6 Å². The largest absolute Gasteiger partial charge is 0.479 e. The SMILES string of the molecule is COc1ncncc1-n1nc2c(c1C)Nc1ncc3c(Cl)nn(c3n1)CCCO2. The molecule has 0 saturated heterocycles. The number of rotatable bonds is 2. The molecule has 148 valence electrons. The van der Waals surface area contributed by atoms with Crippen molar-refractivity contribution in [2.24, 2.45) is 0 Å². The van der Waals surface area contributed by atoms with Crippen molar-refractivity contribution in [3.05, 3.63) is 29.6 Å². The fourth-order valence-corrected chi connectivity index (χ4v) is 3.43. The van der Waals surface area contributed by atoms with Crippen molar-refractivity contribution < 1.29 is 9.47 Å². The van der Waals surface area contributed by atoms with E-state index in [9.17, 15) is 0 Å². The van der Waals surface area contributed by atoms with Gasteiger partial charge in [-0.15, -0.1) is 5.10 Å². The number of ether oxygens (including phenoxy) is 2. The number of anilines is 2. The van der Waals surface area contributed by atoms with Gasteiger partial charge in [-0.2, -0.15) is 15.1 Å². The first kappa shape index (κ1) is 17.6. The molecule has 0 fully saturated rings. The van der Waals surface area contributed by atoms with Gasteiger partial charge in [0, 0.05) is 19.2 Å². The van der Waals surface area contributed by atoms with Crippen molar-refractivity contribution >= 4 is 34.3 Å². The number of aromatic nitrogens is 8. The number of nitrogens with zero attached hydrogens (tertiary/aromatic N) is 8. The highest BCUT2D eigenvalue weighted by Crippen LogP contribution is 2.34. The average Bonchev–Trinajstić information content (AvgIpc) is 3.21. The zero-order valence-electron chi connectivity index (χ0n) is 15.6. The molecule has 0 aliphatic carbocycles. The monoisotopic (exact) mass is 413 g/mol. The van der Waals surface area contributed by atoms with Gasteiger partial charge in [0.1, 0.15) is 17.7 Å². The van der Waals surface area contributed by atoms with E-state index in [2.05, 4.69) is 35.5 Å². The molecule has 0 radical (unpaired) electrons. The number of nitrogens with one attached hydrogen (secondary N) is 1. The van der Waals surface area contributed by atoms with Crippen LogP contribution in [0.25, 0.3) is 16.7 Å². The minimum Gasteiger partial charge on any atom is -0.479 e. The van der Waals surface area contributed by atoms with E-state index in [-0.39, 0.29) is 0 Å². The number of fused-ring (bicyclic) bond motifs is 2. The molecule has 4 aromatic rings. The lowest BCUT2D eigenvalue weighted by Gasteiger charge is -2.08. The Labute approximate surface area is 169 Å². The van der Waals surface area contributed by atoms with Crippen LogP contribution in [0.2, 0.25) is 5.15 Å². The van der Waals surface area contributed by atoms with Gasteiger partial charge in [-0.3, -0.25) is 0 Å². The second-order valence-corrected chi connectivity index (χ2v) is 6.72. The Bertz CT molecular complexity index is 1220. The van der Waals surface area contributed by atoms with Gasteiger partial charge < -0.3 is 14.8 Å². The summed E-state index contributed by atoms with van der Waals surface area (Å²) in [6.45, 7) is 2.94. The quantitative estimate of drug-likeness (QED) is 0.528. The van der Waals surface area contributed by atoms with E-state index in [1.807, 2.05) is 6.92 Å². The Hall–Kier alpha value is -3.47. The number of hydrogen-bond acceptors (Lipinski definition) is 9. The van der Waals surface area contributed by atoms with Crippen LogP contribution in [0.1, 0.15) is 12.1 Å². The number of halogens is 1. The number of hydrogen-bond donors (Lipinski definition) is 1. The first-order valence-electron chi connectivity index (χ1n) is 8.88. The minimum atomic E-state index is 0.380. The summed E-state index contributed by atoms with van der Waals surface area (Å²) in [4.78, 5) is 17.2. The fourth-order valence-electron chi connectivity index (χ4n) is 3.20. The summed E-state index contributed by atoms with van der Waals surface area (Å²) >= 11 is 6.21. The van der Waals surface area contributed by atoms with E-state index < -0.39 is 0 Å². The molecule has 1 aliphatic heterocycles. The van der Waals surface area contributed by atoms with Crippen LogP contribution < -0.4 is 14.8 Å². The van der Waals surface area contributed by atoms with Crippen LogP contribution in [0, 0.1) is 6.92 Å². The maximum atomic E-state index is 6.21. The molecule has 5 rings (SSSR count). The molecule has 0 spiro atoms. The number of methoxy groups -OCH3 is 1. The summed E-state index contributed by atoms with van der Waals surface area (Å²) in [5, 5.41) is 13.2. The normalized spacial score (nSPS) is 13.5. The molecule has 1 N–H and O–H groups in total. The molecule has 0 atom stereocenters. The second-order valence-electron chi connectivity index (χ2n) is 6.37. The minimum absolute atomic E-state index is 0.380. The highest BCUT2D eigenvalue weighted by molar-refractivity contribution is 6.34. The lowest BCUT2D eigenvalue weighted by Crippen LogP contribution is -2.07. The maximum Gasteiger partial charge on any atom is 0.257 e. The molecule has 12 heteroatoms. The summed E-state index contributed by atoms with van der Waals surface area (Å²) in [5.41, 5.74) is 2.68. The molecular formula is C17H16ClN9O2. The highest BCUT2D eigenvalue weighted by atomic mass is 35.5. The van der Waals surface area contributed by atoms with Gasteiger partial charge >= 0.3 is 0 Å². The van der Waals surface area contributed by atoms with Gasteiger partial charge in [-0.05, 0) is 6.92 Å². The van der Waals surface area contributed by atoms with Gasteiger partial charge in [0.25, 0.3) is 5.88 Å². The molecule has 5 heterocycles. The van der Waals surface area contributed by atoms with Gasteiger partial charge in [0.2, 0.25) is 11.8 Å². The summed E-state index contributed by atoms with van der Waals surface area (Å²) in [7, 11) is 1.55. The van der Waals surface area contributed by atoms with Crippen LogP contribution in [0.4, 0.5) is 11.6 Å². The molecule has 2 bridgehead atoms. The molecule has 29 heavy (non-hydrogen) atoms. The van der Waals surface area contributed by atoms with Crippen LogP contribution in [-0.4, -0.2) is 53.2 Å². The van der Waals surface area contributed by atoms with E-state index in [1.54, 1.807) is 28.9 Å². The molecule has 4 aromatic heterocycles. The van der Waals surface area contributed by atoms with Gasteiger partial charge in [-0.25, -0.2) is 19.3 Å². The molecule has 0 amide bonds. The van der Waals surface area contributed by atoms with Crippen LogP contribution in [0.15, 0.2) is 18.7 Å². The van der Waals surface area contributed by atoms with E-state index in [0.29, 0.717) is 64.8 Å². The van der Waals surface area contributed by atoms with E-state index in [0.717, 1.165) is 5.69 Å². The first-order chi connectivity index (χ1) is 14.2. The molecule has 0 saturated carbocycles. The second kappa shape index (κ2) is 6.85. The smallest absolute Gasteiger partial charge is 0.257 e. The van der Waals surface area contributed by atoms with Gasteiger partial charge in [0.05, 0.1) is 31.0 Å². The predicted octanol–water partition coefficient (Wildman–Crippen LogP) is 2.30. The van der Waals surface area contributed by atoms with E-state index >= 15 is 0 Å². The Morgan fingerprint density at radius 3 is 3.00 bits per heavy atom. The summed E-state index contributed by atoms with van der Waals surface area (Å²) in [6.07, 6.45) is 5.41. The van der Waals surface area contributed by atoms with Crippen molar-refractivity contribution in [1.82, 2.24) is 39.5 Å². The third-order valence-electron chi connectivity index (χ3n) is 4.60. The Morgan fingerprint density at radius 1 is 1.24 bits per heavy atom. The summed E-state index contributed by atoms with van der Waals surface area (Å²) in [6, 6.07) is 0. The third-order valence-corrected chi connectivity index (χ3v) is 4.88. The lowest BCUT2D eigenvalue weighted by molar-refractivity contribution is 0.288.